The number of nitrogens with zero attached hydrogens (tertiary/aromatic N) is 2. The molecular formula is C25H24N2O3. The van der Waals surface area contributed by atoms with Crippen molar-refractivity contribution in [2.24, 2.45) is 7.05 Å². The SMILES string of the molecule is COC(=O)CCc1ccc(OCc2ccccc2)c(-c2ccc3c(cnn3C)c2)c1. The Morgan fingerprint density at radius 1 is 1.00 bits per heavy atom. The second-order valence-corrected chi connectivity index (χ2v) is 7.22. The number of aryl methyl sites for hydroxylation is 2. The van der Waals surface area contributed by atoms with Gasteiger partial charge in [-0.3, -0.25) is 9.48 Å². The first kappa shape index (κ1) is 19.7. The fraction of sp³-hybridized carbons (Fsp3) is 0.200. The van der Waals surface area contributed by atoms with Crippen LogP contribution in [0.4, 0.5) is 0 Å². The van der Waals surface area contributed by atoms with Crippen LogP contribution < -0.4 is 4.74 Å². The lowest BCUT2D eigenvalue weighted by atomic mass is 9.99. The van der Waals surface area contributed by atoms with Crippen LogP contribution >= 0.6 is 0 Å². The van der Waals surface area contributed by atoms with E-state index in [4.69, 9.17) is 9.47 Å². The van der Waals surface area contributed by atoms with E-state index in [2.05, 4.69) is 29.4 Å². The Morgan fingerprint density at radius 2 is 1.83 bits per heavy atom. The van der Waals surface area contributed by atoms with Gasteiger partial charge in [0, 0.05) is 24.4 Å². The van der Waals surface area contributed by atoms with Crippen molar-refractivity contribution in [3.63, 3.8) is 0 Å². The largest absolute Gasteiger partial charge is 0.488 e. The van der Waals surface area contributed by atoms with Crippen LogP contribution in [0.2, 0.25) is 0 Å². The average Bonchev–Trinajstić information content (AvgIpc) is 3.17. The second kappa shape index (κ2) is 8.82. The number of aromatic nitrogens is 2. The Kier molecular flexibility index (Phi) is 5.80. The van der Waals surface area contributed by atoms with Gasteiger partial charge in [0.15, 0.2) is 0 Å². The molecule has 0 N–H and O–H groups in total. The van der Waals surface area contributed by atoms with Gasteiger partial charge in [-0.2, -0.15) is 5.10 Å². The zero-order valence-corrected chi connectivity index (χ0v) is 17.2. The van der Waals surface area contributed by atoms with Crippen LogP contribution in [0.1, 0.15) is 17.5 Å². The van der Waals surface area contributed by atoms with Crippen molar-refractivity contribution in [1.82, 2.24) is 9.78 Å². The normalized spacial score (nSPS) is 10.9. The van der Waals surface area contributed by atoms with Crippen molar-refractivity contribution < 1.29 is 14.3 Å². The minimum Gasteiger partial charge on any atom is -0.488 e. The van der Waals surface area contributed by atoms with E-state index in [1.54, 1.807) is 0 Å². The van der Waals surface area contributed by atoms with Gasteiger partial charge in [0.1, 0.15) is 12.4 Å². The van der Waals surface area contributed by atoms with E-state index < -0.39 is 0 Å². The standard InChI is InChI=1S/C25H24N2O3/c1-27-23-11-10-20(15-21(23)16-26-27)22-14-18(9-13-25(28)29-2)8-12-24(22)30-17-19-6-4-3-5-7-19/h3-8,10-12,14-16H,9,13,17H2,1-2H3. The molecule has 0 saturated heterocycles. The van der Waals surface area contributed by atoms with Crippen molar-refractivity contribution in [1.29, 1.82) is 0 Å². The van der Waals surface area contributed by atoms with E-state index in [9.17, 15) is 4.79 Å². The molecular weight excluding hydrogens is 376 g/mol. The van der Waals surface area contributed by atoms with Crippen LogP contribution in [0.5, 0.6) is 5.75 Å². The maximum atomic E-state index is 11.6. The number of ether oxygens (including phenoxy) is 2. The molecule has 1 aromatic heterocycles. The number of esters is 1. The first-order valence-electron chi connectivity index (χ1n) is 9.92. The van der Waals surface area contributed by atoms with Crippen LogP contribution in [0.25, 0.3) is 22.0 Å². The lowest BCUT2D eigenvalue weighted by Crippen LogP contribution is -2.02. The third kappa shape index (κ3) is 4.35. The molecule has 0 saturated carbocycles. The van der Waals surface area contributed by atoms with E-state index in [0.29, 0.717) is 19.4 Å². The van der Waals surface area contributed by atoms with Crippen molar-refractivity contribution in [3.8, 4) is 16.9 Å². The van der Waals surface area contributed by atoms with Crippen molar-refractivity contribution in [2.45, 2.75) is 19.4 Å². The van der Waals surface area contributed by atoms with E-state index in [1.165, 1.54) is 7.11 Å². The first-order valence-corrected chi connectivity index (χ1v) is 9.92. The fourth-order valence-electron chi connectivity index (χ4n) is 3.50. The highest BCUT2D eigenvalue weighted by atomic mass is 16.5. The number of carbonyl (C=O) groups excluding carboxylic acids is 1. The molecule has 4 rings (SSSR count). The smallest absolute Gasteiger partial charge is 0.305 e. The lowest BCUT2D eigenvalue weighted by Gasteiger charge is -2.14. The molecule has 0 aliphatic carbocycles. The number of methoxy groups -OCH3 is 1. The Bertz CT molecular complexity index is 1170. The average molecular weight is 400 g/mol. The molecule has 1 heterocycles. The van der Waals surface area contributed by atoms with Gasteiger partial charge in [-0.05, 0) is 47.4 Å². The summed E-state index contributed by atoms with van der Waals surface area (Å²) < 4.78 is 12.8. The molecule has 0 aliphatic heterocycles. The highest BCUT2D eigenvalue weighted by Crippen LogP contribution is 2.34. The Balaban J connectivity index is 1.67. The summed E-state index contributed by atoms with van der Waals surface area (Å²) in [6, 6.07) is 22.5. The van der Waals surface area contributed by atoms with Gasteiger partial charge in [0.25, 0.3) is 0 Å². The van der Waals surface area contributed by atoms with Gasteiger partial charge in [-0.15, -0.1) is 0 Å². The highest BCUT2D eigenvalue weighted by molar-refractivity contribution is 5.86. The third-order valence-electron chi connectivity index (χ3n) is 5.18. The van der Waals surface area contributed by atoms with Gasteiger partial charge in [-0.1, -0.05) is 42.5 Å². The van der Waals surface area contributed by atoms with E-state index in [-0.39, 0.29) is 5.97 Å². The molecule has 0 fully saturated rings. The van der Waals surface area contributed by atoms with Crippen LogP contribution in [-0.4, -0.2) is 22.9 Å². The molecule has 0 amide bonds. The zero-order valence-electron chi connectivity index (χ0n) is 17.2. The van der Waals surface area contributed by atoms with Crippen molar-refractivity contribution >= 4 is 16.9 Å². The summed E-state index contributed by atoms with van der Waals surface area (Å²) >= 11 is 0. The molecule has 4 aromatic rings. The molecule has 0 radical (unpaired) electrons. The summed E-state index contributed by atoms with van der Waals surface area (Å²) in [5, 5.41) is 5.41. The van der Waals surface area contributed by atoms with Gasteiger partial charge >= 0.3 is 5.97 Å². The molecule has 0 bridgehead atoms. The van der Waals surface area contributed by atoms with Gasteiger partial charge in [0.2, 0.25) is 0 Å². The molecule has 5 nitrogen and oxygen atoms in total. The number of rotatable bonds is 7. The summed E-state index contributed by atoms with van der Waals surface area (Å²) in [5.41, 5.74) is 5.31. The monoisotopic (exact) mass is 400 g/mol. The molecule has 0 spiro atoms. The first-order chi connectivity index (χ1) is 14.6. The number of benzene rings is 3. The molecule has 5 heteroatoms. The second-order valence-electron chi connectivity index (χ2n) is 7.22. The predicted octanol–water partition coefficient (Wildman–Crippen LogP) is 4.92. The Morgan fingerprint density at radius 3 is 2.63 bits per heavy atom. The topological polar surface area (TPSA) is 53.4 Å². The summed E-state index contributed by atoms with van der Waals surface area (Å²) in [6.45, 7) is 0.491. The minimum absolute atomic E-state index is 0.210. The predicted molar refractivity (Wildman–Crippen MR) is 117 cm³/mol. The summed E-state index contributed by atoms with van der Waals surface area (Å²) in [7, 11) is 3.35. The number of hydrogen-bond acceptors (Lipinski definition) is 4. The van der Waals surface area contributed by atoms with E-state index in [1.807, 2.05) is 60.4 Å². The quantitative estimate of drug-likeness (QED) is 0.413. The van der Waals surface area contributed by atoms with Crippen LogP contribution in [-0.2, 0) is 29.6 Å². The summed E-state index contributed by atoms with van der Waals surface area (Å²) in [4.78, 5) is 11.6. The lowest BCUT2D eigenvalue weighted by molar-refractivity contribution is -0.140. The van der Waals surface area contributed by atoms with Crippen LogP contribution in [0.3, 0.4) is 0 Å². The Hall–Kier alpha value is -3.60. The molecule has 152 valence electrons. The van der Waals surface area contributed by atoms with Crippen LogP contribution in [0.15, 0.2) is 72.9 Å². The van der Waals surface area contributed by atoms with Gasteiger partial charge in [0.05, 0.1) is 18.8 Å². The van der Waals surface area contributed by atoms with E-state index in [0.717, 1.165) is 38.9 Å². The number of carbonyl (C=O) groups is 1. The van der Waals surface area contributed by atoms with Crippen LogP contribution in [0, 0.1) is 0 Å². The minimum atomic E-state index is -0.210. The van der Waals surface area contributed by atoms with Crippen molar-refractivity contribution in [3.05, 3.63) is 84.1 Å². The third-order valence-corrected chi connectivity index (χ3v) is 5.18. The Labute approximate surface area is 175 Å². The fourth-order valence-corrected chi connectivity index (χ4v) is 3.50. The molecule has 0 aliphatic rings. The number of fused-ring (bicyclic) bond motifs is 1. The summed E-state index contributed by atoms with van der Waals surface area (Å²) in [6.07, 6.45) is 2.83. The summed E-state index contributed by atoms with van der Waals surface area (Å²) in [5.74, 6) is 0.599. The molecule has 0 unspecified atom stereocenters. The maximum absolute atomic E-state index is 11.6. The molecule has 0 atom stereocenters. The zero-order chi connectivity index (χ0) is 20.9. The van der Waals surface area contributed by atoms with Gasteiger partial charge < -0.3 is 9.47 Å². The van der Waals surface area contributed by atoms with E-state index >= 15 is 0 Å². The number of hydrogen-bond donors (Lipinski definition) is 0. The van der Waals surface area contributed by atoms with Gasteiger partial charge in [-0.25, -0.2) is 0 Å². The van der Waals surface area contributed by atoms with Crippen molar-refractivity contribution in [2.75, 3.05) is 7.11 Å². The highest BCUT2D eigenvalue weighted by Gasteiger charge is 2.12. The molecule has 3 aromatic carbocycles. The molecule has 30 heavy (non-hydrogen) atoms. The maximum Gasteiger partial charge on any atom is 0.305 e.